The lowest BCUT2D eigenvalue weighted by Gasteiger charge is -2.05. The van der Waals surface area contributed by atoms with Crippen molar-refractivity contribution in [3.05, 3.63) is 66.1 Å². The zero-order valence-corrected chi connectivity index (χ0v) is 9.69. The second kappa shape index (κ2) is 4.75. The quantitative estimate of drug-likeness (QED) is 0.745. The molecule has 0 saturated carbocycles. The van der Waals surface area contributed by atoms with E-state index in [4.69, 9.17) is 0 Å². The van der Waals surface area contributed by atoms with Gasteiger partial charge in [0.2, 0.25) is 0 Å². The van der Waals surface area contributed by atoms with Crippen molar-refractivity contribution in [2.24, 2.45) is 9.98 Å². The second-order valence-corrected chi connectivity index (χ2v) is 3.89. The molecule has 0 N–H and O–H groups in total. The molecule has 1 aliphatic rings. The molecule has 3 rings (SSSR count). The Kier molecular flexibility index (Phi) is 2.80. The van der Waals surface area contributed by atoms with E-state index in [1.807, 2.05) is 42.5 Å². The molecule has 1 aliphatic heterocycles. The van der Waals surface area contributed by atoms with Gasteiger partial charge in [-0.05, 0) is 12.1 Å². The molecular formula is C15H11N3. The van der Waals surface area contributed by atoms with Crippen molar-refractivity contribution in [3.63, 3.8) is 0 Å². The first kappa shape index (κ1) is 10.6. The number of aromatic nitrogens is 1. The minimum Gasteiger partial charge on any atom is -0.262 e. The van der Waals surface area contributed by atoms with Crippen molar-refractivity contribution >= 4 is 12.4 Å². The number of benzene rings is 1. The minimum atomic E-state index is 0.837. The molecule has 0 saturated heterocycles. The maximum atomic E-state index is 4.61. The first-order valence-corrected chi connectivity index (χ1v) is 5.71. The number of fused-ring (bicyclic) bond motifs is 1. The molecule has 2 heterocycles. The van der Waals surface area contributed by atoms with Crippen molar-refractivity contribution in [1.29, 1.82) is 0 Å². The summed E-state index contributed by atoms with van der Waals surface area (Å²) in [5, 5.41) is 0. The van der Waals surface area contributed by atoms with E-state index < -0.39 is 0 Å². The molecule has 0 bridgehead atoms. The number of aliphatic imine (C=N–C) groups is 2. The number of hydrogen-bond acceptors (Lipinski definition) is 3. The van der Waals surface area contributed by atoms with E-state index in [2.05, 4.69) is 15.0 Å². The highest BCUT2D eigenvalue weighted by Crippen LogP contribution is 2.18. The molecule has 2 aromatic rings. The predicted octanol–water partition coefficient (Wildman–Crippen LogP) is 3.07. The van der Waals surface area contributed by atoms with Gasteiger partial charge in [-0.2, -0.15) is 0 Å². The molecule has 0 radical (unpaired) electrons. The van der Waals surface area contributed by atoms with Gasteiger partial charge in [-0.15, -0.1) is 0 Å². The summed E-state index contributed by atoms with van der Waals surface area (Å²) in [6.45, 7) is 0. The number of rotatable bonds is 1. The molecule has 86 valence electrons. The maximum absolute atomic E-state index is 4.61. The van der Waals surface area contributed by atoms with Gasteiger partial charge in [0.05, 0.1) is 17.6 Å². The van der Waals surface area contributed by atoms with Gasteiger partial charge in [0.15, 0.2) is 0 Å². The van der Waals surface area contributed by atoms with Gasteiger partial charge >= 0.3 is 0 Å². The summed E-state index contributed by atoms with van der Waals surface area (Å²) in [5.74, 6) is 0. The zero-order valence-electron chi connectivity index (χ0n) is 9.69. The fraction of sp³-hybridized carbons (Fsp3) is 0. The third kappa shape index (κ3) is 2.11. The third-order valence-electron chi connectivity index (χ3n) is 2.68. The first-order chi connectivity index (χ1) is 8.93. The molecule has 0 amide bonds. The summed E-state index contributed by atoms with van der Waals surface area (Å²) in [7, 11) is 0. The molecule has 3 nitrogen and oxygen atoms in total. The van der Waals surface area contributed by atoms with Crippen LogP contribution < -0.4 is 0 Å². The average molecular weight is 233 g/mol. The van der Waals surface area contributed by atoms with Crippen LogP contribution in [0.4, 0.5) is 0 Å². The molecule has 1 aromatic heterocycles. The Morgan fingerprint density at radius 1 is 0.722 bits per heavy atom. The Balaban J connectivity index is 2.09. The van der Waals surface area contributed by atoms with Crippen LogP contribution in [0.25, 0.3) is 11.3 Å². The van der Waals surface area contributed by atoms with E-state index >= 15 is 0 Å². The van der Waals surface area contributed by atoms with E-state index in [0.29, 0.717) is 0 Å². The lowest BCUT2D eigenvalue weighted by molar-refractivity contribution is 1.28. The normalized spacial score (nSPS) is 14.7. The van der Waals surface area contributed by atoms with Crippen molar-refractivity contribution in [2.75, 3.05) is 0 Å². The van der Waals surface area contributed by atoms with Crippen LogP contribution in [0.15, 0.2) is 64.8 Å². The molecule has 0 fully saturated rings. The van der Waals surface area contributed by atoms with Gasteiger partial charge in [-0.25, -0.2) is 4.98 Å². The van der Waals surface area contributed by atoms with Crippen LogP contribution in [0.5, 0.6) is 0 Å². The third-order valence-corrected chi connectivity index (χ3v) is 2.68. The van der Waals surface area contributed by atoms with E-state index in [1.165, 1.54) is 0 Å². The Hall–Kier alpha value is -2.55. The van der Waals surface area contributed by atoms with Gasteiger partial charge in [0.25, 0.3) is 0 Å². The van der Waals surface area contributed by atoms with Crippen molar-refractivity contribution in [2.45, 2.75) is 0 Å². The highest BCUT2D eigenvalue weighted by Gasteiger charge is 2.04. The fourth-order valence-corrected chi connectivity index (χ4v) is 1.78. The van der Waals surface area contributed by atoms with Crippen LogP contribution in [-0.4, -0.2) is 17.4 Å². The summed E-state index contributed by atoms with van der Waals surface area (Å²) < 4.78 is 0. The zero-order chi connectivity index (χ0) is 12.2. The molecule has 3 heteroatoms. The van der Waals surface area contributed by atoms with E-state index in [-0.39, 0.29) is 0 Å². The summed E-state index contributed by atoms with van der Waals surface area (Å²) in [4.78, 5) is 12.9. The van der Waals surface area contributed by atoms with E-state index in [9.17, 15) is 0 Å². The Morgan fingerprint density at radius 3 is 2.33 bits per heavy atom. The second-order valence-electron chi connectivity index (χ2n) is 3.89. The number of nitrogens with zero attached hydrogens (tertiary/aromatic N) is 3. The van der Waals surface area contributed by atoms with Crippen molar-refractivity contribution < 1.29 is 0 Å². The van der Waals surface area contributed by atoms with Gasteiger partial charge in [-0.1, -0.05) is 30.3 Å². The maximum Gasteiger partial charge on any atom is 0.0907 e. The van der Waals surface area contributed by atoms with Crippen molar-refractivity contribution in [1.82, 2.24) is 4.98 Å². The van der Waals surface area contributed by atoms with Crippen LogP contribution in [0.1, 0.15) is 11.3 Å². The highest BCUT2D eigenvalue weighted by molar-refractivity contribution is 5.94. The highest BCUT2D eigenvalue weighted by atomic mass is 14.8. The molecule has 0 unspecified atom stereocenters. The lowest BCUT2D eigenvalue weighted by atomic mass is 10.1. The van der Waals surface area contributed by atoms with Crippen LogP contribution in [-0.2, 0) is 0 Å². The summed E-state index contributed by atoms with van der Waals surface area (Å²) in [6, 6.07) is 14.1. The Morgan fingerprint density at radius 2 is 1.50 bits per heavy atom. The molecule has 1 aromatic carbocycles. The Bertz CT molecular complexity index is 640. The van der Waals surface area contributed by atoms with Crippen LogP contribution >= 0.6 is 0 Å². The first-order valence-electron chi connectivity index (χ1n) is 5.71. The molecular weight excluding hydrogens is 222 g/mol. The van der Waals surface area contributed by atoms with Crippen molar-refractivity contribution in [3.8, 4) is 11.3 Å². The summed E-state index contributed by atoms with van der Waals surface area (Å²) >= 11 is 0. The van der Waals surface area contributed by atoms with Gasteiger partial charge in [-0.3, -0.25) is 9.98 Å². The number of hydrogen-bond donors (Lipinski definition) is 0. The number of pyridine rings is 1. The summed E-state index contributed by atoms with van der Waals surface area (Å²) in [5.41, 5.74) is 3.86. The fourth-order valence-electron chi connectivity index (χ4n) is 1.78. The molecule has 0 atom stereocenters. The van der Waals surface area contributed by atoms with Gasteiger partial charge < -0.3 is 0 Å². The molecule has 18 heavy (non-hydrogen) atoms. The Labute approximate surface area is 105 Å². The standard InChI is InChI=1S/C15H11N3/c1-2-4-12(5-3-1)14-7-6-13-10-16-8-9-17-11-15(13)18-14/h1-11H/b9-8-,13-10?,15-11?,16-8?,16-10?,17-9?,17-11?. The van der Waals surface area contributed by atoms with Gasteiger partial charge in [0, 0.05) is 29.7 Å². The van der Waals surface area contributed by atoms with E-state index in [0.717, 1.165) is 22.5 Å². The molecule has 0 spiro atoms. The predicted molar refractivity (Wildman–Crippen MR) is 74.0 cm³/mol. The monoisotopic (exact) mass is 233 g/mol. The largest absolute Gasteiger partial charge is 0.262 e. The smallest absolute Gasteiger partial charge is 0.0907 e. The summed E-state index contributed by atoms with van der Waals surface area (Å²) in [6.07, 6.45) is 6.85. The topological polar surface area (TPSA) is 37.6 Å². The molecule has 0 aliphatic carbocycles. The van der Waals surface area contributed by atoms with Crippen LogP contribution in [0, 0.1) is 0 Å². The average Bonchev–Trinajstić information content (AvgIpc) is 2.40. The van der Waals surface area contributed by atoms with Crippen LogP contribution in [0.3, 0.4) is 0 Å². The SMILES string of the molecule is C1=N/C=C\N=Cc2nc(-c3ccccc3)ccc21. The van der Waals surface area contributed by atoms with E-state index in [1.54, 1.807) is 24.8 Å². The lowest BCUT2D eigenvalue weighted by Crippen LogP contribution is -1.98. The minimum absolute atomic E-state index is 0.837. The van der Waals surface area contributed by atoms with Gasteiger partial charge in [0.1, 0.15) is 0 Å². The van der Waals surface area contributed by atoms with Crippen LogP contribution in [0.2, 0.25) is 0 Å².